The van der Waals surface area contributed by atoms with Gasteiger partial charge < -0.3 is 0 Å². The van der Waals surface area contributed by atoms with Gasteiger partial charge in [0.15, 0.2) is 0 Å². The summed E-state index contributed by atoms with van der Waals surface area (Å²) in [5.74, 6) is 0. The van der Waals surface area contributed by atoms with Crippen LogP contribution in [0.3, 0.4) is 0 Å². The molecule has 92 valence electrons. The molecule has 0 aliphatic carbocycles. The third-order valence-corrected chi connectivity index (χ3v) is 2.57. The van der Waals surface area contributed by atoms with E-state index in [0.29, 0.717) is 16.7 Å². The van der Waals surface area contributed by atoms with Crippen molar-refractivity contribution in [1.82, 2.24) is 4.98 Å². The number of hydrogen-bond acceptors (Lipinski definition) is 1. The zero-order valence-electron chi connectivity index (χ0n) is 9.41. The molecule has 0 bridgehead atoms. The monoisotopic (exact) mass is 249 g/mol. The number of rotatable bonds is 2. The molecule has 1 aromatic heterocycles. The third-order valence-electron chi connectivity index (χ3n) is 2.57. The summed E-state index contributed by atoms with van der Waals surface area (Å²) >= 11 is 0. The number of hydrogen-bond donors (Lipinski definition) is 0. The first-order chi connectivity index (χ1) is 8.52. The molecule has 1 heterocycles. The van der Waals surface area contributed by atoms with Gasteiger partial charge in [0.25, 0.3) is 0 Å². The van der Waals surface area contributed by atoms with Gasteiger partial charge in [-0.15, -0.1) is 0 Å². The summed E-state index contributed by atoms with van der Waals surface area (Å²) in [7, 11) is 0. The van der Waals surface area contributed by atoms with Crippen molar-refractivity contribution in [2.24, 2.45) is 0 Å². The lowest BCUT2D eigenvalue weighted by Gasteiger charge is -2.10. The molecule has 0 aliphatic rings. The van der Waals surface area contributed by atoms with E-state index >= 15 is 0 Å². The van der Waals surface area contributed by atoms with Crippen LogP contribution in [0.4, 0.5) is 13.2 Å². The van der Waals surface area contributed by atoms with Crippen molar-refractivity contribution in [3.8, 4) is 11.1 Å². The number of benzene rings is 1. The molecule has 4 heteroatoms. The average molecular weight is 249 g/mol. The van der Waals surface area contributed by atoms with E-state index in [0.717, 1.165) is 12.1 Å². The second-order valence-corrected chi connectivity index (χ2v) is 3.75. The third kappa shape index (κ3) is 2.42. The van der Waals surface area contributed by atoms with E-state index in [-0.39, 0.29) is 0 Å². The number of nitrogens with zero attached hydrogens (tertiary/aromatic N) is 1. The summed E-state index contributed by atoms with van der Waals surface area (Å²) in [5.41, 5.74) is 1.23. The van der Waals surface area contributed by atoms with Crippen molar-refractivity contribution in [1.29, 1.82) is 0 Å². The van der Waals surface area contributed by atoms with Crippen LogP contribution in [-0.4, -0.2) is 4.98 Å². The van der Waals surface area contributed by atoms with Crippen LogP contribution in [-0.2, 0) is 6.18 Å². The number of aromatic nitrogens is 1. The molecule has 0 saturated carbocycles. The topological polar surface area (TPSA) is 12.9 Å². The summed E-state index contributed by atoms with van der Waals surface area (Å²) in [6.07, 6.45) is 0.352. The average Bonchev–Trinajstić information content (AvgIpc) is 2.38. The Morgan fingerprint density at radius 3 is 2.61 bits per heavy atom. The van der Waals surface area contributed by atoms with E-state index in [2.05, 4.69) is 11.6 Å². The van der Waals surface area contributed by atoms with Gasteiger partial charge in [-0.25, -0.2) is 0 Å². The number of pyridine rings is 1. The molecule has 0 fully saturated rings. The molecule has 0 spiro atoms. The smallest absolute Gasteiger partial charge is 0.264 e. The standard InChI is InChI=1S/C14H10F3N/c1-2-10-9-18-7-6-13(10)11-4-3-5-12(8-11)14(15,16)17/h2-9H,1H2. The van der Waals surface area contributed by atoms with Gasteiger partial charge in [0, 0.05) is 18.0 Å². The van der Waals surface area contributed by atoms with Crippen molar-refractivity contribution in [2.75, 3.05) is 0 Å². The molecule has 1 aromatic carbocycles. The summed E-state index contributed by atoms with van der Waals surface area (Å²) < 4.78 is 37.9. The summed E-state index contributed by atoms with van der Waals surface area (Å²) in [6.45, 7) is 3.63. The van der Waals surface area contributed by atoms with Gasteiger partial charge in [-0.1, -0.05) is 24.8 Å². The van der Waals surface area contributed by atoms with Crippen molar-refractivity contribution in [2.45, 2.75) is 6.18 Å². The lowest BCUT2D eigenvalue weighted by atomic mass is 10.00. The highest BCUT2D eigenvalue weighted by atomic mass is 19.4. The largest absolute Gasteiger partial charge is 0.416 e. The maximum absolute atomic E-state index is 12.6. The van der Waals surface area contributed by atoms with Gasteiger partial charge in [0.05, 0.1) is 5.56 Å². The van der Waals surface area contributed by atoms with Crippen molar-refractivity contribution in [3.63, 3.8) is 0 Å². The predicted molar refractivity (Wildman–Crippen MR) is 64.8 cm³/mol. The van der Waals surface area contributed by atoms with Gasteiger partial charge in [-0.3, -0.25) is 4.98 Å². The maximum Gasteiger partial charge on any atom is 0.416 e. The van der Waals surface area contributed by atoms with Crippen LogP contribution in [0, 0.1) is 0 Å². The van der Waals surface area contributed by atoms with Gasteiger partial charge in [0.2, 0.25) is 0 Å². The molecule has 0 radical (unpaired) electrons. The first-order valence-corrected chi connectivity index (χ1v) is 5.26. The van der Waals surface area contributed by atoms with Gasteiger partial charge >= 0.3 is 6.18 Å². The van der Waals surface area contributed by atoms with Gasteiger partial charge in [-0.2, -0.15) is 13.2 Å². The van der Waals surface area contributed by atoms with E-state index in [4.69, 9.17) is 0 Å². The van der Waals surface area contributed by atoms with E-state index in [9.17, 15) is 13.2 Å². The number of alkyl halides is 3. The van der Waals surface area contributed by atoms with Crippen molar-refractivity contribution < 1.29 is 13.2 Å². The second-order valence-electron chi connectivity index (χ2n) is 3.75. The fourth-order valence-electron chi connectivity index (χ4n) is 1.70. The molecular weight excluding hydrogens is 239 g/mol. The molecule has 18 heavy (non-hydrogen) atoms. The molecular formula is C14H10F3N. The van der Waals surface area contributed by atoms with Crippen LogP contribution in [0.5, 0.6) is 0 Å². The Bertz CT molecular complexity index is 573. The van der Waals surface area contributed by atoms with E-state index < -0.39 is 11.7 Å². The molecule has 0 unspecified atom stereocenters. The molecule has 2 aromatic rings. The Kier molecular flexibility index (Phi) is 3.19. The summed E-state index contributed by atoms with van der Waals surface area (Å²) in [4.78, 5) is 3.92. The Morgan fingerprint density at radius 1 is 1.17 bits per heavy atom. The fraction of sp³-hybridized carbons (Fsp3) is 0.0714. The molecule has 1 nitrogen and oxygen atoms in total. The van der Waals surface area contributed by atoms with E-state index in [1.807, 2.05) is 0 Å². The molecule has 0 N–H and O–H groups in total. The molecule has 2 rings (SSSR count). The summed E-state index contributed by atoms with van der Waals surface area (Å²) in [5, 5.41) is 0. The lowest BCUT2D eigenvalue weighted by molar-refractivity contribution is -0.137. The Balaban J connectivity index is 2.55. The minimum Gasteiger partial charge on any atom is -0.264 e. The van der Waals surface area contributed by atoms with E-state index in [1.54, 1.807) is 30.6 Å². The van der Waals surface area contributed by atoms with Crippen molar-refractivity contribution >= 4 is 6.08 Å². The molecule has 0 saturated heterocycles. The first-order valence-electron chi connectivity index (χ1n) is 5.26. The van der Waals surface area contributed by atoms with Crippen molar-refractivity contribution in [3.05, 3.63) is 60.4 Å². The Hall–Kier alpha value is -2.10. The Labute approximate surface area is 103 Å². The quantitative estimate of drug-likeness (QED) is 0.768. The lowest BCUT2D eigenvalue weighted by Crippen LogP contribution is -2.04. The molecule has 0 aliphatic heterocycles. The van der Waals surface area contributed by atoms with Crippen LogP contribution in [0.1, 0.15) is 11.1 Å². The zero-order chi connectivity index (χ0) is 13.2. The highest BCUT2D eigenvalue weighted by Gasteiger charge is 2.30. The van der Waals surface area contributed by atoms with Gasteiger partial charge in [-0.05, 0) is 29.3 Å². The molecule has 0 atom stereocenters. The first kappa shape index (κ1) is 12.4. The van der Waals surface area contributed by atoms with Crippen LogP contribution < -0.4 is 0 Å². The predicted octanol–water partition coefficient (Wildman–Crippen LogP) is 4.41. The second kappa shape index (κ2) is 4.64. The highest BCUT2D eigenvalue weighted by Crippen LogP contribution is 2.33. The number of halogens is 3. The van der Waals surface area contributed by atoms with Crippen LogP contribution in [0.25, 0.3) is 17.2 Å². The Morgan fingerprint density at radius 2 is 1.94 bits per heavy atom. The maximum atomic E-state index is 12.6. The fourth-order valence-corrected chi connectivity index (χ4v) is 1.70. The van der Waals surface area contributed by atoms with Gasteiger partial charge in [0.1, 0.15) is 0 Å². The SMILES string of the molecule is C=Cc1cnccc1-c1cccc(C(F)(F)F)c1. The normalized spacial score (nSPS) is 11.3. The minimum absolute atomic E-state index is 0.502. The summed E-state index contributed by atoms with van der Waals surface area (Å²) in [6, 6.07) is 6.89. The van der Waals surface area contributed by atoms with Crippen LogP contribution >= 0.6 is 0 Å². The van der Waals surface area contributed by atoms with Crippen LogP contribution in [0.2, 0.25) is 0 Å². The highest BCUT2D eigenvalue weighted by molar-refractivity contribution is 5.74. The van der Waals surface area contributed by atoms with E-state index in [1.165, 1.54) is 6.07 Å². The minimum atomic E-state index is -4.34. The molecule has 0 amide bonds. The zero-order valence-corrected chi connectivity index (χ0v) is 9.41. The van der Waals surface area contributed by atoms with Crippen LogP contribution in [0.15, 0.2) is 49.3 Å².